The maximum Gasteiger partial charge on any atom is 0.0834 e. The molecule has 0 aliphatic rings. The third-order valence-corrected chi connectivity index (χ3v) is 5.40. The fourth-order valence-electron chi connectivity index (χ4n) is 1.23. The van der Waals surface area contributed by atoms with E-state index in [0.717, 1.165) is 6.61 Å². The Labute approximate surface area is 97.2 Å². The van der Waals surface area contributed by atoms with Crippen LogP contribution in [-0.4, -0.2) is 28.5 Å². The molecule has 0 aromatic heterocycles. The zero-order valence-electron chi connectivity index (χ0n) is 11.1. The highest BCUT2D eigenvalue weighted by Gasteiger charge is 2.24. The van der Waals surface area contributed by atoms with Gasteiger partial charge in [-0.1, -0.05) is 57.1 Å². The fourth-order valence-corrected chi connectivity index (χ4v) is 3.34. The first-order chi connectivity index (χ1) is 6.67. The Balaban J connectivity index is 4.05. The highest BCUT2D eigenvalue weighted by Crippen LogP contribution is 2.12. The van der Waals surface area contributed by atoms with Crippen molar-refractivity contribution in [2.24, 2.45) is 0 Å². The van der Waals surface area contributed by atoms with Crippen molar-refractivity contribution in [3.8, 4) is 0 Å². The van der Waals surface area contributed by atoms with Crippen molar-refractivity contribution in [2.45, 2.75) is 45.0 Å². The minimum Gasteiger partial charge on any atom is -0.374 e. The summed E-state index contributed by atoms with van der Waals surface area (Å²) >= 11 is 0. The van der Waals surface area contributed by atoms with Crippen molar-refractivity contribution in [1.82, 2.24) is 0 Å². The maximum absolute atomic E-state index is 5.83. The molecular formula is C12H26OSi2. The van der Waals surface area contributed by atoms with E-state index in [4.69, 9.17) is 4.74 Å². The van der Waals surface area contributed by atoms with Crippen LogP contribution in [-0.2, 0) is 4.74 Å². The Morgan fingerprint density at radius 1 is 1.13 bits per heavy atom. The highest BCUT2D eigenvalue weighted by atomic mass is 28.3. The quantitative estimate of drug-likeness (QED) is 0.507. The van der Waals surface area contributed by atoms with E-state index in [9.17, 15) is 0 Å². The average molecular weight is 243 g/mol. The molecule has 0 heterocycles. The van der Waals surface area contributed by atoms with Gasteiger partial charge in [0.15, 0.2) is 0 Å². The van der Waals surface area contributed by atoms with E-state index in [1.807, 2.05) is 6.08 Å². The monoisotopic (exact) mass is 242 g/mol. The lowest BCUT2D eigenvalue weighted by atomic mass is 10.6. The molecule has 0 rings (SSSR count). The largest absolute Gasteiger partial charge is 0.374 e. The Morgan fingerprint density at radius 2 is 1.67 bits per heavy atom. The Hall–Kier alpha value is -0.126. The van der Waals surface area contributed by atoms with Crippen LogP contribution in [0.2, 0.25) is 39.3 Å². The van der Waals surface area contributed by atoms with Crippen LogP contribution >= 0.6 is 0 Å². The van der Waals surface area contributed by atoms with E-state index in [0.29, 0.717) is 0 Å². The smallest absolute Gasteiger partial charge is 0.0834 e. The normalized spacial score (nSPS) is 15.6. The molecule has 1 unspecified atom stereocenters. The molecule has 15 heavy (non-hydrogen) atoms. The lowest BCUT2D eigenvalue weighted by Gasteiger charge is -2.25. The highest BCUT2D eigenvalue weighted by molar-refractivity contribution is 6.81. The van der Waals surface area contributed by atoms with Gasteiger partial charge in [0.05, 0.1) is 28.5 Å². The second-order valence-corrected chi connectivity index (χ2v) is 16.5. The summed E-state index contributed by atoms with van der Waals surface area (Å²) in [6.07, 6.45) is 4.12. The molecular weight excluding hydrogens is 216 g/mol. The van der Waals surface area contributed by atoms with Crippen LogP contribution in [0.4, 0.5) is 0 Å². The SMILES string of the molecule is C=CC(OC/C=C/[Si](C)(C)C)[Si](C)(C)C. The Morgan fingerprint density at radius 3 is 2.00 bits per heavy atom. The summed E-state index contributed by atoms with van der Waals surface area (Å²) in [5.41, 5.74) is 2.60. The van der Waals surface area contributed by atoms with E-state index < -0.39 is 16.1 Å². The molecule has 0 fully saturated rings. The average Bonchev–Trinajstić information content (AvgIpc) is 1.99. The summed E-state index contributed by atoms with van der Waals surface area (Å²) in [4.78, 5) is 0. The van der Waals surface area contributed by atoms with Gasteiger partial charge in [0.1, 0.15) is 0 Å². The lowest BCUT2D eigenvalue weighted by molar-refractivity contribution is 0.157. The molecule has 0 radical (unpaired) electrons. The summed E-state index contributed by atoms with van der Waals surface area (Å²) in [5.74, 6) is 0. The fraction of sp³-hybridized carbons (Fsp3) is 0.667. The van der Waals surface area contributed by atoms with Crippen LogP contribution < -0.4 is 0 Å². The third-order valence-electron chi connectivity index (χ3n) is 2.06. The van der Waals surface area contributed by atoms with Gasteiger partial charge in [-0.3, -0.25) is 0 Å². The van der Waals surface area contributed by atoms with E-state index in [1.165, 1.54) is 0 Å². The van der Waals surface area contributed by atoms with Gasteiger partial charge in [-0.15, -0.1) is 6.58 Å². The molecule has 0 saturated carbocycles. The molecule has 0 bridgehead atoms. The number of rotatable bonds is 6. The Kier molecular flexibility index (Phi) is 5.77. The Bertz CT molecular complexity index is 221. The molecule has 0 aliphatic heterocycles. The van der Waals surface area contributed by atoms with Gasteiger partial charge in [-0.25, -0.2) is 0 Å². The minimum absolute atomic E-state index is 0.267. The van der Waals surface area contributed by atoms with E-state index in [1.54, 1.807) is 0 Å². The zero-order valence-corrected chi connectivity index (χ0v) is 13.1. The second kappa shape index (κ2) is 5.82. The summed E-state index contributed by atoms with van der Waals surface area (Å²) in [6, 6.07) is 0. The van der Waals surface area contributed by atoms with Crippen LogP contribution in [0.25, 0.3) is 0 Å². The first kappa shape index (κ1) is 14.9. The topological polar surface area (TPSA) is 9.23 Å². The minimum atomic E-state index is -1.25. The molecule has 88 valence electrons. The number of hydrogen-bond acceptors (Lipinski definition) is 1. The molecule has 0 saturated heterocycles. The van der Waals surface area contributed by atoms with E-state index in [-0.39, 0.29) is 5.73 Å². The van der Waals surface area contributed by atoms with Crippen molar-refractivity contribution in [3.63, 3.8) is 0 Å². The first-order valence-electron chi connectivity index (χ1n) is 5.58. The molecule has 0 aromatic rings. The predicted octanol–water partition coefficient (Wildman–Crippen LogP) is 3.87. The maximum atomic E-state index is 5.83. The predicted molar refractivity (Wildman–Crippen MR) is 75.8 cm³/mol. The third kappa shape index (κ3) is 7.76. The van der Waals surface area contributed by atoms with Crippen LogP contribution in [0.15, 0.2) is 24.4 Å². The first-order valence-corrected chi connectivity index (χ1v) is 12.7. The van der Waals surface area contributed by atoms with Crippen molar-refractivity contribution < 1.29 is 4.74 Å². The van der Waals surface area contributed by atoms with Gasteiger partial charge in [-0.2, -0.15) is 0 Å². The molecule has 0 aromatic carbocycles. The van der Waals surface area contributed by atoms with Crippen molar-refractivity contribution in [2.75, 3.05) is 6.61 Å². The molecule has 1 atom stereocenters. The van der Waals surface area contributed by atoms with Gasteiger partial charge in [0.25, 0.3) is 0 Å². The molecule has 0 amide bonds. The van der Waals surface area contributed by atoms with E-state index in [2.05, 4.69) is 57.6 Å². The van der Waals surface area contributed by atoms with Crippen molar-refractivity contribution in [3.05, 3.63) is 24.4 Å². The van der Waals surface area contributed by atoms with Crippen LogP contribution in [0, 0.1) is 0 Å². The molecule has 0 aliphatic carbocycles. The molecule has 3 heteroatoms. The summed E-state index contributed by atoms with van der Waals surface area (Å²) in [6.45, 7) is 18.5. The van der Waals surface area contributed by atoms with Gasteiger partial charge >= 0.3 is 0 Å². The summed E-state index contributed by atoms with van der Waals surface area (Å²) in [5, 5.41) is 0. The zero-order chi connectivity index (χ0) is 12.1. The summed E-state index contributed by atoms with van der Waals surface area (Å²) in [7, 11) is -2.31. The van der Waals surface area contributed by atoms with Crippen LogP contribution in [0.1, 0.15) is 0 Å². The van der Waals surface area contributed by atoms with Gasteiger partial charge < -0.3 is 4.74 Å². The van der Waals surface area contributed by atoms with Gasteiger partial charge in [0, 0.05) is 0 Å². The van der Waals surface area contributed by atoms with E-state index >= 15 is 0 Å². The van der Waals surface area contributed by atoms with Crippen molar-refractivity contribution in [1.29, 1.82) is 0 Å². The molecule has 1 nitrogen and oxygen atoms in total. The van der Waals surface area contributed by atoms with Gasteiger partial charge in [-0.05, 0) is 0 Å². The molecule has 0 spiro atoms. The standard InChI is InChI=1S/C12H26OSi2/c1-8-12(15(5,6)7)13-10-9-11-14(2,3)4/h8-9,11-12H,1,10H2,2-7H3/b11-9+. The summed E-state index contributed by atoms with van der Waals surface area (Å²) < 4.78 is 5.83. The lowest BCUT2D eigenvalue weighted by Crippen LogP contribution is -2.38. The van der Waals surface area contributed by atoms with Crippen LogP contribution in [0.3, 0.4) is 0 Å². The number of hydrogen-bond donors (Lipinski definition) is 0. The molecule has 0 N–H and O–H groups in total. The number of ether oxygens (including phenoxy) is 1. The van der Waals surface area contributed by atoms with Crippen LogP contribution in [0.5, 0.6) is 0 Å². The second-order valence-electron chi connectivity index (χ2n) is 6.12. The van der Waals surface area contributed by atoms with Gasteiger partial charge in [0.2, 0.25) is 0 Å². The van der Waals surface area contributed by atoms with Crippen molar-refractivity contribution >= 4 is 16.1 Å².